The Balaban J connectivity index is 2.31. The summed E-state index contributed by atoms with van der Waals surface area (Å²) in [6, 6.07) is 8.98. The molecule has 0 atom stereocenters. The lowest BCUT2D eigenvalue weighted by Crippen LogP contribution is -2.15. The lowest BCUT2D eigenvalue weighted by Gasteiger charge is -2.11. The first kappa shape index (κ1) is 15.0. The molecule has 2 aromatic carbocycles. The van der Waals surface area contributed by atoms with Gasteiger partial charge < -0.3 is 5.32 Å². The Bertz CT molecular complexity index is 680. The molecule has 2 rings (SSSR count). The van der Waals surface area contributed by atoms with Crippen LogP contribution in [0.25, 0.3) is 0 Å². The highest BCUT2D eigenvalue weighted by Gasteiger charge is 2.34. The molecule has 0 spiro atoms. The maximum absolute atomic E-state index is 13.2. The molecular weight excluding hydrogens is 286 g/mol. The average Bonchev–Trinajstić information content (AvgIpc) is 2.40. The zero-order chi connectivity index (χ0) is 15.6. The van der Waals surface area contributed by atoms with Crippen LogP contribution in [0.4, 0.5) is 23.2 Å². The smallest absolute Gasteiger partial charge is 0.322 e. The van der Waals surface area contributed by atoms with Crippen LogP contribution in [0.3, 0.4) is 0 Å². The van der Waals surface area contributed by atoms with Crippen molar-refractivity contribution >= 4 is 11.6 Å². The molecule has 0 aliphatic heterocycles. The second kappa shape index (κ2) is 5.55. The Hall–Kier alpha value is -2.37. The Labute approximate surface area is 118 Å². The number of benzene rings is 2. The number of hydrogen-bond acceptors (Lipinski definition) is 1. The standard InChI is InChI=1S/C15H11F4NO/c1-9-4-2-3-5-13(9)20-14(21)10-6-7-12(16)11(8-10)15(17,18)19/h2-8H,1H3,(H,20,21). The van der Waals surface area contributed by atoms with Gasteiger partial charge in [-0.05, 0) is 36.8 Å². The molecule has 0 saturated heterocycles. The summed E-state index contributed by atoms with van der Waals surface area (Å²) >= 11 is 0. The number of alkyl halides is 3. The maximum atomic E-state index is 13.2. The number of para-hydroxylation sites is 1. The topological polar surface area (TPSA) is 29.1 Å². The highest BCUT2D eigenvalue weighted by Crippen LogP contribution is 2.32. The van der Waals surface area contributed by atoms with Gasteiger partial charge in [-0.15, -0.1) is 0 Å². The van der Waals surface area contributed by atoms with E-state index >= 15 is 0 Å². The van der Waals surface area contributed by atoms with Crippen molar-refractivity contribution in [1.82, 2.24) is 0 Å². The van der Waals surface area contributed by atoms with Crippen LogP contribution in [0, 0.1) is 12.7 Å². The largest absolute Gasteiger partial charge is 0.419 e. The van der Waals surface area contributed by atoms with Crippen molar-refractivity contribution in [2.24, 2.45) is 0 Å². The highest BCUT2D eigenvalue weighted by molar-refractivity contribution is 6.04. The molecule has 6 heteroatoms. The summed E-state index contributed by atoms with van der Waals surface area (Å²) in [4.78, 5) is 12.0. The van der Waals surface area contributed by atoms with Crippen LogP contribution in [0.2, 0.25) is 0 Å². The van der Waals surface area contributed by atoms with Crippen molar-refractivity contribution in [2.45, 2.75) is 13.1 Å². The number of anilines is 1. The third kappa shape index (κ3) is 3.39. The molecule has 110 valence electrons. The normalized spacial score (nSPS) is 11.3. The van der Waals surface area contributed by atoms with Crippen LogP contribution < -0.4 is 5.32 Å². The monoisotopic (exact) mass is 297 g/mol. The van der Waals surface area contributed by atoms with Gasteiger partial charge in [-0.25, -0.2) is 4.39 Å². The molecule has 0 aliphatic rings. The minimum absolute atomic E-state index is 0.257. The van der Waals surface area contributed by atoms with E-state index in [2.05, 4.69) is 5.32 Å². The molecule has 0 saturated carbocycles. The molecule has 0 aromatic heterocycles. The molecule has 1 N–H and O–H groups in total. The Morgan fingerprint density at radius 2 is 1.76 bits per heavy atom. The summed E-state index contributed by atoms with van der Waals surface area (Å²) in [7, 11) is 0. The third-order valence-electron chi connectivity index (χ3n) is 2.93. The Morgan fingerprint density at radius 1 is 1.10 bits per heavy atom. The summed E-state index contributed by atoms with van der Waals surface area (Å²) in [5, 5.41) is 2.50. The third-order valence-corrected chi connectivity index (χ3v) is 2.93. The van der Waals surface area contributed by atoms with Crippen molar-refractivity contribution in [1.29, 1.82) is 0 Å². The van der Waals surface area contributed by atoms with Crippen molar-refractivity contribution in [3.8, 4) is 0 Å². The number of amides is 1. The summed E-state index contributed by atoms with van der Waals surface area (Å²) in [5.74, 6) is -2.13. The molecule has 0 bridgehead atoms. The van der Waals surface area contributed by atoms with E-state index in [0.29, 0.717) is 17.8 Å². The molecule has 1 amide bonds. The van der Waals surface area contributed by atoms with Crippen LogP contribution in [0.1, 0.15) is 21.5 Å². The molecule has 0 unspecified atom stereocenters. The minimum Gasteiger partial charge on any atom is -0.322 e. The van der Waals surface area contributed by atoms with E-state index in [4.69, 9.17) is 0 Å². The van der Waals surface area contributed by atoms with E-state index in [-0.39, 0.29) is 5.56 Å². The fraction of sp³-hybridized carbons (Fsp3) is 0.133. The summed E-state index contributed by atoms with van der Waals surface area (Å²) < 4.78 is 51.0. The second-order valence-corrected chi connectivity index (χ2v) is 4.46. The van der Waals surface area contributed by atoms with Gasteiger partial charge in [0.2, 0.25) is 0 Å². The van der Waals surface area contributed by atoms with Gasteiger partial charge >= 0.3 is 6.18 Å². The molecular formula is C15H11F4NO. The lowest BCUT2D eigenvalue weighted by atomic mass is 10.1. The number of rotatable bonds is 2. The molecule has 21 heavy (non-hydrogen) atoms. The van der Waals surface area contributed by atoms with Gasteiger partial charge in [-0.1, -0.05) is 18.2 Å². The molecule has 0 heterocycles. The second-order valence-electron chi connectivity index (χ2n) is 4.46. The zero-order valence-electron chi connectivity index (χ0n) is 11.0. The number of carbonyl (C=O) groups is 1. The average molecular weight is 297 g/mol. The van der Waals surface area contributed by atoms with E-state index < -0.39 is 23.5 Å². The van der Waals surface area contributed by atoms with E-state index in [9.17, 15) is 22.4 Å². The maximum Gasteiger partial charge on any atom is 0.419 e. The van der Waals surface area contributed by atoms with Crippen LogP contribution in [-0.4, -0.2) is 5.91 Å². The van der Waals surface area contributed by atoms with Gasteiger partial charge in [-0.3, -0.25) is 4.79 Å². The minimum atomic E-state index is -4.84. The van der Waals surface area contributed by atoms with Gasteiger partial charge in [0.25, 0.3) is 5.91 Å². The molecule has 0 fully saturated rings. The van der Waals surface area contributed by atoms with E-state index in [1.165, 1.54) is 0 Å². The first-order valence-corrected chi connectivity index (χ1v) is 6.03. The van der Waals surface area contributed by atoms with E-state index in [1.54, 1.807) is 31.2 Å². The van der Waals surface area contributed by atoms with Gasteiger partial charge in [0.15, 0.2) is 0 Å². The highest BCUT2D eigenvalue weighted by atomic mass is 19.4. The predicted molar refractivity (Wildman–Crippen MR) is 70.5 cm³/mol. The summed E-state index contributed by atoms with van der Waals surface area (Å²) in [6.45, 7) is 1.75. The first-order valence-electron chi connectivity index (χ1n) is 6.03. The lowest BCUT2D eigenvalue weighted by molar-refractivity contribution is -0.140. The molecule has 2 aromatic rings. The quantitative estimate of drug-likeness (QED) is 0.818. The first-order chi connectivity index (χ1) is 9.79. The van der Waals surface area contributed by atoms with Crippen molar-refractivity contribution in [2.75, 3.05) is 5.32 Å². The predicted octanol–water partition coefficient (Wildman–Crippen LogP) is 4.41. The van der Waals surface area contributed by atoms with E-state index in [0.717, 1.165) is 11.6 Å². The van der Waals surface area contributed by atoms with Crippen LogP contribution in [-0.2, 0) is 6.18 Å². The van der Waals surface area contributed by atoms with Crippen LogP contribution in [0.5, 0.6) is 0 Å². The summed E-state index contributed by atoms with van der Waals surface area (Å²) in [5.41, 5.74) is -0.462. The number of aryl methyl sites for hydroxylation is 1. The molecule has 0 radical (unpaired) electrons. The number of carbonyl (C=O) groups excluding carboxylic acids is 1. The SMILES string of the molecule is Cc1ccccc1NC(=O)c1ccc(F)c(C(F)(F)F)c1. The van der Waals surface area contributed by atoms with Crippen molar-refractivity contribution in [3.63, 3.8) is 0 Å². The zero-order valence-corrected chi connectivity index (χ0v) is 11.0. The Morgan fingerprint density at radius 3 is 2.38 bits per heavy atom. The molecule has 2 nitrogen and oxygen atoms in total. The number of nitrogens with one attached hydrogen (secondary N) is 1. The van der Waals surface area contributed by atoms with E-state index in [1.807, 2.05) is 0 Å². The van der Waals surface area contributed by atoms with Gasteiger partial charge in [0, 0.05) is 11.3 Å². The van der Waals surface area contributed by atoms with Gasteiger partial charge in [0.05, 0.1) is 5.56 Å². The van der Waals surface area contributed by atoms with Crippen molar-refractivity contribution < 1.29 is 22.4 Å². The van der Waals surface area contributed by atoms with Crippen LogP contribution in [0.15, 0.2) is 42.5 Å². The Kier molecular flexibility index (Phi) is 3.97. The fourth-order valence-electron chi connectivity index (χ4n) is 1.79. The summed E-state index contributed by atoms with van der Waals surface area (Å²) in [6.07, 6.45) is -4.84. The van der Waals surface area contributed by atoms with Crippen LogP contribution >= 0.6 is 0 Å². The fourth-order valence-corrected chi connectivity index (χ4v) is 1.79. The number of hydrogen-bond donors (Lipinski definition) is 1. The van der Waals surface area contributed by atoms with Gasteiger partial charge in [-0.2, -0.15) is 13.2 Å². The molecule has 0 aliphatic carbocycles. The number of halogens is 4. The van der Waals surface area contributed by atoms with Gasteiger partial charge in [0.1, 0.15) is 5.82 Å². The van der Waals surface area contributed by atoms with Crippen molar-refractivity contribution in [3.05, 3.63) is 65.0 Å².